The summed E-state index contributed by atoms with van der Waals surface area (Å²) in [6.45, 7) is 0.278. The molecule has 15 heavy (non-hydrogen) atoms. The summed E-state index contributed by atoms with van der Waals surface area (Å²) in [6.07, 6.45) is -0.483. The van der Waals surface area contributed by atoms with Crippen LogP contribution in [0.15, 0.2) is 18.2 Å². The van der Waals surface area contributed by atoms with Crippen LogP contribution in [0.3, 0.4) is 0 Å². The number of carbonyl (C=O) groups is 1. The van der Waals surface area contributed by atoms with Crippen LogP contribution in [0.5, 0.6) is 5.75 Å². The van der Waals surface area contributed by atoms with Gasteiger partial charge in [-0.05, 0) is 18.2 Å². The highest BCUT2D eigenvalue weighted by Gasteiger charge is 2.29. The van der Waals surface area contributed by atoms with Gasteiger partial charge in [0.2, 0.25) is 5.91 Å². The number of aliphatic hydroxyl groups excluding tert-OH is 1. The zero-order valence-electron chi connectivity index (χ0n) is 7.85. The first-order valence-corrected chi connectivity index (χ1v) is 4.92. The van der Waals surface area contributed by atoms with Gasteiger partial charge in [-0.15, -0.1) is 0 Å². The SMILES string of the molecule is O=C1CC(O)CN1c1ccc(O)c(Cl)c1. The first kappa shape index (κ1) is 10.3. The molecular weight excluding hydrogens is 218 g/mol. The fourth-order valence-corrected chi connectivity index (χ4v) is 1.78. The van der Waals surface area contributed by atoms with Crippen molar-refractivity contribution in [3.05, 3.63) is 23.2 Å². The van der Waals surface area contributed by atoms with Crippen LogP contribution in [0.4, 0.5) is 5.69 Å². The zero-order valence-corrected chi connectivity index (χ0v) is 8.61. The van der Waals surface area contributed by atoms with Crippen molar-refractivity contribution in [2.24, 2.45) is 0 Å². The van der Waals surface area contributed by atoms with E-state index >= 15 is 0 Å². The van der Waals surface area contributed by atoms with Crippen LogP contribution in [0, 0.1) is 0 Å². The molecule has 0 aliphatic carbocycles. The maximum atomic E-state index is 11.4. The Morgan fingerprint density at radius 1 is 1.47 bits per heavy atom. The third-order valence-corrected chi connectivity index (χ3v) is 2.65. The van der Waals surface area contributed by atoms with Crippen molar-refractivity contribution in [3.8, 4) is 5.75 Å². The summed E-state index contributed by atoms with van der Waals surface area (Å²) in [4.78, 5) is 12.9. The second-order valence-corrected chi connectivity index (χ2v) is 3.91. The molecule has 0 saturated carbocycles. The van der Waals surface area contributed by atoms with Crippen LogP contribution in [0.25, 0.3) is 0 Å². The van der Waals surface area contributed by atoms with Crippen LogP contribution in [0.1, 0.15) is 6.42 Å². The molecule has 0 aromatic heterocycles. The number of β-amino-alcohol motifs (C(OH)–C–C–N with tert-alkyl or cyclic N) is 1. The number of nitrogens with zero attached hydrogens (tertiary/aromatic N) is 1. The maximum absolute atomic E-state index is 11.4. The van der Waals surface area contributed by atoms with Crippen LogP contribution >= 0.6 is 11.6 Å². The molecular formula is C10H10ClNO3. The fraction of sp³-hybridized carbons (Fsp3) is 0.300. The number of anilines is 1. The molecule has 0 spiro atoms. The van der Waals surface area contributed by atoms with Gasteiger partial charge in [0.05, 0.1) is 24.1 Å². The molecule has 1 aliphatic heterocycles. The summed E-state index contributed by atoms with van der Waals surface area (Å²) in [5.74, 6) is -0.156. The molecule has 2 N–H and O–H groups in total. The first-order valence-electron chi connectivity index (χ1n) is 4.55. The van der Waals surface area contributed by atoms with Crippen LogP contribution in [0.2, 0.25) is 5.02 Å². The second-order valence-electron chi connectivity index (χ2n) is 3.50. The Bertz CT molecular complexity index is 408. The van der Waals surface area contributed by atoms with E-state index in [2.05, 4.69) is 0 Å². The van der Waals surface area contributed by atoms with Crippen molar-refractivity contribution in [2.45, 2.75) is 12.5 Å². The molecule has 1 aliphatic rings. The minimum Gasteiger partial charge on any atom is -0.506 e. The van der Waals surface area contributed by atoms with Gasteiger partial charge in [0.15, 0.2) is 0 Å². The van der Waals surface area contributed by atoms with Crippen LogP contribution in [-0.2, 0) is 4.79 Å². The van der Waals surface area contributed by atoms with E-state index in [-0.39, 0.29) is 29.6 Å². The molecule has 1 aromatic rings. The molecule has 1 saturated heterocycles. The van der Waals surface area contributed by atoms with Crippen LogP contribution < -0.4 is 4.90 Å². The minimum absolute atomic E-state index is 0.0207. The molecule has 80 valence electrons. The quantitative estimate of drug-likeness (QED) is 0.757. The summed E-state index contributed by atoms with van der Waals surface area (Å²) < 4.78 is 0. The summed E-state index contributed by atoms with van der Waals surface area (Å²) in [5.41, 5.74) is 0.597. The Hall–Kier alpha value is -1.26. The normalized spacial score (nSPS) is 21.1. The lowest BCUT2D eigenvalue weighted by Crippen LogP contribution is -2.25. The van der Waals surface area contributed by atoms with E-state index in [0.717, 1.165) is 0 Å². The highest BCUT2D eigenvalue weighted by Crippen LogP contribution is 2.30. The van der Waals surface area contributed by atoms with Gasteiger partial charge < -0.3 is 15.1 Å². The lowest BCUT2D eigenvalue weighted by molar-refractivity contribution is -0.117. The Kier molecular flexibility index (Phi) is 2.54. The summed E-state index contributed by atoms with van der Waals surface area (Å²) in [7, 11) is 0. The second kappa shape index (κ2) is 3.72. The number of phenols is 1. The largest absolute Gasteiger partial charge is 0.506 e. The number of amides is 1. The number of halogens is 1. The smallest absolute Gasteiger partial charge is 0.229 e. The number of carbonyl (C=O) groups excluding carboxylic acids is 1. The number of rotatable bonds is 1. The van der Waals surface area contributed by atoms with E-state index in [1.165, 1.54) is 17.0 Å². The number of aromatic hydroxyl groups is 1. The lowest BCUT2D eigenvalue weighted by atomic mass is 10.3. The Labute approximate surface area is 91.7 Å². The van der Waals surface area contributed by atoms with Gasteiger partial charge in [0.25, 0.3) is 0 Å². The van der Waals surface area contributed by atoms with E-state index in [1.54, 1.807) is 6.07 Å². The monoisotopic (exact) mass is 227 g/mol. The van der Waals surface area contributed by atoms with E-state index in [9.17, 15) is 15.0 Å². The van der Waals surface area contributed by atoms with Gasteiger partial charge in [0, 0.05) is 5.69 Å². The Morgan fingerprint density at radius 3 is 2.73 bits per heavy atom. The Balaban J connectivity index is 2.30. The first-order chi connectivity index (χ1) is 7.08. The van der Waals surface area contributed by atoms with Gasteiger partial charge in [-0.25, -0.2) is 0 Å². The molecule has 1 unspecified atom stereocenters. The highest BCUT2D eigenvalue weighted by atomic mass is 35.5. The number of benzene rings is 1. The minimum atomic E-state index is -0.620. The summed E-state index contributed by atoms with van der Waals surface area (Å²) in [5, 5.41) is 18.7. The maximum Gasteiger partial charge on any atom is 0.229 e. The van der Waals surface area contributed by atoms with E-state index in [0.29, 0.717) is 5.69 Å². The van der Waals surface area contributed by atoms with Gasteiger partial charge in [-0.3, -0.25) is 4.79 Å². The average Bonchev–Trinajstić information content (AvgIpc) is 2.50. The predicted molar refractivity (Wildman–Crippen MR) is 56.1 cm³/mol. The Morgan fingerprint density at radius 2 is 2.20 bits per heavy atom. The van der Waals surface area contributed by atoms with Gasteiger partial charge in [0.1, 0.15) is 5.75 Å². The molecule has 2 rings (SSSR count). The number of hydrogen-bond acceptors (Lipinski definition) is 3. The molecule has 4 nitrogen and oxygen atoms in total. The van der Waals surface area contributed by atoms with Crippen molar-refractivity contribution < 1.29 is 15.0 Å². The highest BCUT2D eigenvalue weighted by molar-refractivity contribution is 6.32. The van der Waals surface area contributed by atoms with Crippen molar-refractivity contribution in [3.63, 3.8) is 0 Å². The molecule has 1 fully saturated rings. The van der Waals surface area contributed by atoms with Crippen molar-refractivity contribution in [1.29, 1.82) is 0 Å². The number of aliphatic hydroxyl groups is 1. The van der Waals surface area contributed by atoms with Crippen molar-refractivity contribution in [2.75, 3.05) is 11.4 Å². The zero-order chi connectivity index (χ0) is 11.0. The molecule has 1 heterocycles. The van der Waals surface area contributed by atoms with Gasteiger partial charge >= 0.3 is 0 Å². The molecule has 0 radical (unpaired) electrons. The van der Waals surface area contributed by atoms with Crippen molar-refractivity contribution >= 4 is 23.2 Å². The molecule has 0 bridgehead atoms. The molecule has 1 amide bonds. The average molecular weight is 228 g/mol. The number of phenolic OH excluding ortho intramolecular Hbond substituents is 1. The molecule has 5 heteroatoms. The third kappa shape index (κ3) is 1.91. The lowest BCUT2D eigenvalue weighted by Gasteiger charge is -2.16. The van der Waals surface area contributed by atoms with Crippen LogP contribution in [-0.4, -0.2) is 28.8 Å². The van der Waals surface area contributed by atoms with E-state index in [4.69, 9.17) is 11.6 Å². The van der Waals surface area contributed by atoms with Gasteiger partial charge in [-0.1, -0.05) is 11.6 Å². The van der Waals surface area contributed by atoms with Crippen molar-refractivity contribution in [1.82, 2.24) is 0 Å². The van der Waals surface area contributed by atoms with E-state index in [1.807, 2.05) is 0 Å². The summed E-state index contributed by atoms with van der Waals surface area (Å²) in [6, 6.07) is 4.53. The standard InChI is InChI=1S/C10H10ClNO3/c11-8-3-6(1-2-9(8)14)12-5-7(13)4-10(12)15/h1-3,7,13-14H,4-5H2. The van der Waals surface area contributed by atoms with E-state index < -0.39 is 6.10 Å². The molecule has 1 aromatic carbocycles. The topological polar surface area (TPSA) is 60.8 Å². The third-order valence-electron chi connectivity index (χ3n) is 2.35. The predicted octanol–water partition coefficient (Wildman–Crippen LogP) is 1.14. The fourth-order valence-electron chi connectivity index (χ4n) is 1.60. The number of hydrogen-bond donors (Lipinski definition) is 2. The van der Waals surface area contributed by atoms with Gasteiger partial charge in [-0.2, -0.15) is 0 Å². The summed E-state index contributed by atoms with van der Waals surface area (Å²) >= 11 is 5.73. The molecule has 1 atom stereocenters.